The highest BCUT2D eigenvalue weighted by atomic mass is 32.2. The van der Waals surface area contributed by atoms with E-state index in [9.17, 15) is 8.42 Å². The van der Waals surface area contributed by atoms with Gasteiger partial charge < -0.3 is 5.73 Å². The van der Waals surface area contributed by atoms with Gasteiger partial charge in [0.1, 0.15) is 0 Å². The molecule has 3 N–H and O–H groups in total. The Bertz CT molecular complexity index is 764. The van der Waals surface area contributed by atoms with E-state index in [1.807, 2.05) is 32.9 Å². The maximum atomic E-state index is 12.6. The Hall–Kier alpha value is -1.37. The molecule has 1 aromatic carbocycles. The van der Waals surface area contributed by atoms with E-state index in [4.69, 9.17) is 5.73 Å². The van der Waals surface area contributed by atoms with Crippen LogP contribution in [0.3, 0.4) is 0 Å². The van der Waals surface area contributed by atoms with Gasteiger partial charge in [-0.05, 0) is 63.1 Å². The molecule has 2 aromatic rings. The van der Waals surface area contributed by atoms with Crippen LogP contribution < -0.4 is 10.5 Å². The lowest BCUT2D eigenvalue weighted by Crippen LogP contribution is -2.27. The summed E-state index contributed by atoms with van der Waals surface area (Å²) in [5, 5.41) is 0. The highest BCUT2D eigenvalue weighted by Gasteiger charge is 2.22. The number of hydrogen-bond donors (Lipinski definition) is 2. The van der Waals surface area contributed by atoms with Gasteiger partial charge in [0, 0.05) is 15.4 Å². The summed E-state index contributed by atoms with van der Waals surface area (Å²) >= 11 is 1.59. The lowest BCUT2D eigenvalue weighted by molar-refractivity contribution is 0.568. The molecule has 114 valence electrons. The molecule has 0 spiro atoms. The fourth-order valence-electron chi connectivity index (χ4n) is 2.17. The molecule has 0 amide bonds. The number of nitrogen functional groups attached to an aromatic ring is 1. The third kappa shape index (κ3) is 3.45. The zero-order valence-electron chi connectivity index (χ0n) is 12.6. The normalized spacial score (nSPS) is 13.3. The van der Waals surface area contributed by atoms with E-state index < -0.39 is 10.0 Å². The average Bonchev–Trinajstić information content (AvgIpc) is 2.80. The van der Waals surface area contributed by atoms with Crippen LogP contribution in [0.5, 0.6) is 0 Å². The molecule has 1 unspecified atom stereocenters. The first-order valence-corrected chi connectivity index (χ1v) is 8.96. The smallest absolute Gasteiger partial charge is 0.241 e. The fraction of sp³-hybridized carbons (Fsp3) is 0.333. The average molecular weight is 324 g/mol. The molecular formula is C15H20N2O2S2. The number of anilines is 1. The highest BCUT2D eigenvalue weighted by molar-refractivity contribution is 7.89. The minimum atomic E-state index is -3.60. The van der Waals surface area contributed by atoms with Gasteiger partial charge in [0.2, 0.25) is 10.0 Å². The summed E-state index contributed by atoms with van der Waals surface area (Å²) in [6.45, 7) is 7.41. The van der Waals surface area contributed by atoms with Gasteiger partial charge in [0.15, 0.2) is 0 Å². The van der Waals surface area contributed by atoms with Crippen molar-refractivity contribution in [3.8, 4) is 0 Å². The van der Waals surface area contributed by atoms with Crippen molar-refractivity contribution < 1.29 is 8.42 Å². The Morgan fingerprint density at radius 3 is 2.43 bits per heavy atom. The predicted octanol–water partition coefficient (Wildman–Crippen LogP) is 3.30. The summed E-state index contributed by atoms with van der Waals surface area (Å²) in [4.78, 5) is 2.40. The topological polar surface area (TPSA) is 72.2 Å². The molecular weight excluding hydrogens is 304 g/mol. The lowest BCUT2D eigenvalue weighted by atomic mass is 10.1. The summed E-state index contributed by atoms with van der Waals surface area (Å²) in [7, 11) is -3.60. The molecule has 1 heterocycles. The largest absolute Gasteiger partial charge is 0.398 e. The second kappa shape index (κ2) is 5.79. The Balaban J connectivity index is 2.35. The van der Waals surface area contributed by atoms with E-state index >= 15 is 0 Å². The van der Waals surface area contributed by atoms with Gasteiger partial charge in [-0.15, -0.1) is 11.3 Å². The summed E-state index contributed by atoms with van der Waals surface area (Å²) in [5.74, 6) is 0. The number of thiophene rings is 1. The first-order valence-electron chi connectivity index (χ1n) is 6.66. The number of aryl methyl sites for hydroxylation is 2. The van der Waals surface area contributed by atoms with Crippen LogP contribution in [0.25, 0.3) is 0 Å². The van der Waals surface area contributed by atoms with Gasteiger partial charge in [0.05, 0.1) is 10.9 Å². The zero-order chi connectivity index (χ0) is 15.8. The van der Waals surface area contributed by atoms with Gasteiger partial charge in [0.25, 0.3) is 0 Å². The molecule has 21 heavy (non-hydrogen) atoms. The van der Waals surface area contributed by atoms with Gasteiger partial charge in [-0.2, -0.15) is 0 Å². The number of nitrogens with one attached hydrogen (secondary N) is 1. The predicted molar refractivity (Wildman–Crippen MR) is 88.1 cm³/mol. The number of rotatable bonds is 4. The van der Waals surface area contributed by atoms with Crippen molar-refractivity contribution in [3.05, 3.63) is 45.1 Å². The van der Waals surface area contributed by atoms with Crippen LogP contribution in [0.1, 0.15) is 33.8 Å². The monoisotopic (exact) mass is 324 g/mol. The highest BCUT2D eigenvalue weighted by Crippen LogP contribution is 2.27. The SMILES string of the molecule is Cc1cc(N)c(C)c(S(=O)(=O)NC(C)c2ccc(C)s2)c1. The van der Waals surface area contributed by atoms with E-state index in [0.717, 1.165) is 15.3 Å². The van der Waals surface area contributed by atoms with Crippen molar-refractivity contribution in [1.29, 1.82) is 0 Å². The molecule has 0 saturated carbocycles. The van der Waals surface area contributed by atoms with Gasteiger partial charge in [-0.1, -0.05) is 0 Å². The summed E-state index contributed by atoms with van der Waals surface area (Å²) in [6, 6.07) is 7.10. The molecule has 4 nitrogen and oxygen atoms in total. The van der Waals surface area contributed by atoms with Crippen LogP contribution in [-0.2, 0) is 10.0 Å². The molecule has 0 bridgehead atoms. The molecule has 0 saturated heterocycles. The molecule has 0 radical (unpaired) electrons. The molecule has 0 aliphatic rings. The van der Waals surface area contributed by atoms with Crippen molar-refractivity contribution in [1.82, 2.24) is 4.72 Å². The first kappa shape index (κ1) is 16.0. The molecule has 0 fully saturated rings. The number of hydrogen-bond acceptors (Lipinski definition) is 4. The Morgan fingerprint density at radius 1 is 1.19 bits per heavy atom. The minimum Gasteiger partial charge on any atom is -0.398 e. The standard InChI is InChI=1S/C15H20N2O2S2/c1-9-7-13(16)11(3)15(8-9)21(18,19)17-12(4)14-6-5-10(2)20-14/h5-8,12,17H,16H2,1-4H3. The number of nitrogens with two attached hydrogens (primary N) is 1. The molecule has 2 rings (SSSR count). The van der Waals surface area contributed by atoms with Crippen LogP contribution in [0.15, 0.2) is 29.2 Å². The van der Waals surface area contributed by atoms with Crippen molar-refractivity contribution in [2.45, 2.75) is 38.6 Å². The van der Waals surface area contributed by atoms with Crippen LogP contribution in [0, 0.1) is 20.8 Å². The van der Waals surface area contributed by atoms with E-state index in [2.05, 4.69) is 4.72 Å². The van der Waals surface area contributed by atoms with Crippen LogP contribution in [0.4, 0.5) is 5.69 Å². The van der Waals surface area contributed by atoms with Crippen LogP contribution in [-0.4, -0.2) is 8.42 Å². The van der Waals surface area contributed by atoms with Gasteiger partial charge in [-0.3, -0.25) is 0 Å². The van der Waals surface area contributed by atoms with Gasteiger partial charge in [-0.25, -0.2) is 13.1 Å². The first-order chi connectivity index (χ1) is 9.70. The molecule has 6 heteroatoms. The van der Waals surface area contributed by atoms with E-state index in [0.29, 0.717) is 11.3 Å². The fourth-order valence-corrected chi connectivity index (χ4v) is 4.71. The van der Waals surface area contributed by atoms with E-state index in [1.165, 1.54) is 0 Å². The van der Waals surface area contributed by atoms with Gasteiger partial charge >= 0.3 is 0 Å². The second-order valence-electron chi connectivity index (χ2n) is 5.27. The molecule has 0 aliphatic carbocycles. The Morgan fingerprint density at radius 2 is 1.86 bits per heavy atom. The quantitative estimate of drug-likeness (QED) is 0.848. The Kier molecular flexibility index (Phi) is 4.41. The zero-order valence-corrected chi connectivity index (χ0v) is 14.2. The second-order valence-corrected chi connectivity index (χ2v) is 8.27. The third-order valence-corrected chi connectivity index (χ3v) is 6.20. The molecule has 0 aliphatic heterocycles. The van der Waals surface area contributed by atoms with E-state index in [1.54, 1.807) is 30.4 Å². The summed E-state index contributed by atoms with van der Waals surface area (Å²) < 4.78 is 27.9. The Labute approximate surface area is 130 Å². The van der Waals surface area contributed by atoms with Crippen LogP contribution >= 0.6 is 11.3 Å². The third-order valence-electron chi connectivity index (χ3n) is 3.35. The van der Waals surface area contributed by atoms with Crippen molar-refractivity contribution in [2.75, 3.05) is 5.73 Å². The van der Waals surface area contributed by atoms with Crippen molar-refractivity contribution in [2.24, 2.45) is 0 Å². The van der Waals surface area contributed by atoms with Crippen molar-refractivity contribution >= 4 is 27.0 Å². The maximum Gasteiger partial charge on any atom is 0.241 e. The minimum absolute atomic E-state index is 0.250. The molecule has 1 aromatic heterocycles. The number of sulfonamides is 1. The molecule has 1 atom stereocenters. The summed E-state index contributed by atoms with van der Waals surface area (Å²) in [5.41, 5.74) is 7.79. The lowest BCUT2D eigenvalue weighted by Gasteiger charge is -2.16. The van der Waals surface area contributed by atoms with E-state index in [-0.39, 0.29) is 10.9 Å². The maximum absolute atomic E-state index is 12.6. The van der Waals surface area contributed by atoms with Crippen LogP contribution in [0.2, 0.25) is 0 Å². The summed E-state index contributed by atoms with van der Waals surface area (Å²) in [6.07, 6.45) is 0. The number of benzene rings is 1. The van der Waals surface area contributed by atoms with Crippen molar-refractivity contribution in [3.63, 3.8) is 0 Å².